The van der Waals surface area contributed by atoms with Gasteiger partial charge >= 0.3 is 0 Å². The van der Waals surface area contributed by atoms with Gasteiger partial charge in [-0.15, -0.1) is 0 Å². The van der Waals surface area contributed by atoms with Crippen molar-refractivity contribution in [3.63, 3.8) is 0 Å². The zero-order valence-corrected chi connectivity index (χ0v) is 13.6. The number of hydrogen-bond acceptors (Lipinski definition) is 4. The lowest BCUT2D eigenvalue weighted by Crippen LogP contribution is -2.43. The molecular formula is C16H20N3O3S-. The van der Waals surface area contributed by atoms with Crippen LogP contribution in [0.25, 0.3) is 6.08 Å². The van der Waals surface area contributed by atoms with Crippen LogP contribution in [0.1, 0.15) is 36.9 Å². The number of allylic oxidation sites excluding steroid dienone is 1. The molecule has 2 fully saturated rings. The fourth-order valence-corrected chi connectivity index (χ4v) is 3.40. The van der Waals surface area contributed by atoms with Gasteiger partial charge in [0.05, 0.1) is 12.2 Å². The molecule has 3 rings (SSSR count). The number of nitrogens with one attached hydrogen (secondary N) is 1. The first-order chi connectivity index (χ1) is 11.1. The number of hydrogen-bond donors (Lipinski definition) is 1. The molecule has 1 aliphatic carbocycles. The summed E-state index contributed by atoms with van der Waals surface area (Å²) in [5.41, 5.74) is 1.84. The zero-order chi connectivity index (χ0) is 16.2. The quantitative estimate of drug-likeness (QED) is 0.797. The van der Waals surface area contributed by atoms with Crippen molar-refractivity contribution in [1.29, 1.82) is 0 Å². The minimum atomic E-state index is -2.35. The van der Waals surface area contributed by atoms with Crippen molar-refractivity contribution < 1.29 is 13.6 Å². The lowest BCUT2D eigenvalue weighted by atomic mass is 10.2. The third kappa shape index (κ3) is 4.46. The van der Waals surface area contributed by atoms with Crippen molar-refractivity contribution in [3.8, 4) is 0 Å². The van der Waals surface area contributed by atoms with Gasteiger partial charge in [0.1, 0.15) is 6.04 Å². The first-order valence-electron chi connectivity index (χ1n) is 7.90. The van der Waals surface area contributed by atoms with Gasteiger partial charge in [0.15, 0.2) is 0 Å². The fraction of sp³-hybridized carbons (Fsp3) is 0.500. The molecule has 1 unspecified atom stereocenters. The van der Waals surface area contributed by atoms with E-state index in [1.807, 2.05) is 12.1 Å². The number of amides is 1. The summed E-state index contributed by atoms with van der Waals surface area (Å²) >= 11 is -2.35. The van der Waals surface area contributed by atoms with Crippen molar-refractivity contribution in [2.24, 2.45) is 5.92 Å². The third-order valence-corrected chi connectivity index (χ3v) is 4.99. The normalized spacial score (nSPS) is 23.3. The van der Waals surface area contributed by atoms with Gasteiger partial charge in [0, 0.05) is 24.0 Å². The molecule has 124 valence electrons. The molecule has 1 aromatic rings. The van der Waals surface area contributed by atoms with E-state index in [1.54, 1.807) is 6.20 Å². The highest BCUT2D eigenvalue weighted by atomic mass is 32.2. The van der Waals surface area contributed by atoms with E-state index in [0.717, 1.165) is 11.3 Å². The summed E-state index contributed by atoms with van der Waals surface area (Å²) in [6.07, 6.45) is 9.83. The standard InChI is InChI=1S/C16H21N3O3S/c20-16(15-2-1-9-19(15)23(21)22)18-11-14-10-13(7-8-17-14)6-5-12-3-4-12/h5-8,10,12,15H,1-4,9,11H2,(H,18,20)(H,21,22)/p-1/b6-5+/t15-/m0/s1. The van der Waals surface area contributed by atoms with E-state index in [1.165, 1.54) is 17.1 Å². The molecule has 1 aromatic heterocycles. The number of carbonyl (C=O) groups is 1. The van der Waals surface area contributed by atoms with E-state index in [4.69, 9.17) is 0 Å². The third-order valence-electron chi connectivity index (χ3n) is 4.17. The lowest BCUT2D eigenvalue weighted by molar-refractivity contribution is -0.124. The summed E-state index contributed by atoms with van der Waals surface area (Å²) in [5.74, 6) is 0.458. The predicted molar refractivity (Wildman–Crippen MR) is 86.5 cm³/mol. The zero-order valence-electron chi connectivity index (χ0n) is 12.8. The Labute approximate surface area is 138 Å². The number of pyridine rings is 1. The van der Waals surface area contributed by atoms with Crippen molar-refractivity contribution >= 4 is 23.2 Å². The molecule has 1 saturated carbocycles. The monoisotopic (exact) mass is 334 g/mol. The van der Waals surface area contributed by atoms with Gasteiger partial charge in [0.2, 0.25) is 5.91 Å². The van der Waals surface area contributed by atoms with Gasteiger partial charge < -0.3 is 9.87 Å². The summed E-state index contributed by atoms with van der Waals surface area (Å²) < 4.78 is 23.4. The molecule has 1 N–H and O–H groups in total. The maximum atomic E-state index is 12.2. The van der Waals surface area contributed by atoms with E-state index in [-0.39, 0.29) is 5.91 Å². The fourth-order valence-electron chi connectivity index (χ4n) is 2.71. The number of aromatic nitrogens is 1. The highest BCUT2D eigenvalue weighted by Crippen LogP contribution is 2.30. The molecule has 7 heteroatoms. The Balaban J connectivity index is 1.56. The molecule has 2 heterocycles. The molecule has 0 spiro atoms. The molecule has 2 atom stereocenters. The van der Waals surface area contributed by atoms with Gasteiger partial charge in [-0.1, -0.05) is 12.2 Å². The van der Waals surface area contributed by atoms with Crippen LogP contribution in [0.2, 0.25) is 0 Å². The maximum Gasteiger partial charge on any atom is 0.238 e. The van der Waals surface area contributed by atoms with E-state index in [0.29, 0.717) is 31.8 Å². The summed E-state index contributed by atoms with van der Waals surface area (Å²) in [4.78, 5) is 16.4. The van der Waals surface area contributed by atoms with Crippen LogP contribution in [-0.2, 0) is 22.6 Å². The minimum Gasteiger partial charge on any atom is -0.760 e. The van der Waals surface area contributed by atoms with Crippen molar-refractivity contribution in [2.45, 2.75) is 38.3 Å². The number of carbonyl (C=O) groups excluding carboxylic acids is 1. The van der Waals surface area contributed by atoms with Crippen LogP contribution < -0.4 is 5.32 Å². The Bertz CT molecular complexity index is 631. The van der Waals surface area contributed by atoms with Gasteiger partial charge in [0.25, 0.3) is 0 Å². The Hall–Kier alpha value is -1.57. The minimum absolute atomic E-state index is 0.257. The Morgan fingerprint density at radius 2 is 2.30 bits per heavy atom. The Morgan fingerprint density at radius 3 is 3.04 bits per heavy atom. The van der Waals surface area contributed by atoms with Crippen LogP contribution in [0.3, 0.4) is 0 Å². The van der Waals surface area contributed by atoms with Crippen LogP contribution in [0, 0.1) is 5.92 Å². The second-order valence-electron chi connectivity index (χ2n) is 6.01. The van der Waals surface area contributed by atoms with Crippen LogP contribution in [0.15, 0.2) is 24.4 Å². The average Bonchev–Trinajstić information content (AvgIpc) is 3.24. The van der Waals surface area contributed by atoms with Crippen LogP contribution in [-0.4, -0.2) is 36.5 Å². The lowest BCUT2D eigenvalue weighted by Gasteiger charge is -2.24. The Kier molecular flexibility index (Phi) is 5.20. The van der Waals surface area contributed by atoms with Gasteiger partial charge in [-0.25, -0.2) is 4.31 Å². The molecule has 23 heavy (non-hydrogen) atoms. The predicted octanol–water partition coefficient (Wildman–Crippen LogP) is 1.38. The molecule has 1 aliphatic heterocycles. The van der Waals surface area contributed by atoms with Crippen LogP contribution >= 0.6 is 0 Å². The maximum absolute atomic E-state index is 12.2. The number of nitrogens with zero attached hydrogens (tertiary/aromatic N) is 2. The molecule has 1 amide bonds. The van der Waals surface area contributed by atoms with Crippen LogP contribution in [0.5, 0.6) is 0 Å². The van der Waals surface area contributed by atoms with Gasteiger partial charge in [-0.2, -0.15) is 0 Å². The molecule has 1 saturated heterocycles. The van der Waals surface area contributed by atoms with Crippen LogP contribution in [0.4, 0.5) is 0 Å². The largest absolute Gasteiger partial charge is 0.760 e. The molecule has 2 aliphatic rings. The Morgan fingerprint density at radius 1 is 1.48 bits per heavy atom. The van der Waals surface area contributed by atoms with E-state index < -0.39 is 17.3 Å². The smallest absolute Gasteiger partial charge is 0.238 e. The topological polar surface area (TPSA) is 85.4 Å². The van der Waals surface area contributed by atoms with Gasteiger partial charge in [-0.3, -0.25) is 14.0 Å². The first-order valence-corrected chi connectivity index (χ1v) is 8.93. The van der Waals surface area contributed by atoms with E-state index >= 15 is 0 Å². The van der Waals surface area contributed by atoms with Crippen molar-refractivity contribution in [1.82, 2.24) is 14.6 Å². The summed E-state index contributed by atoms with van der Waals surface area (Å²) in [6.45, 7) is 0.716. The molecule has 0 aromatic carbocycles. The second kappa shape index (κ2) is 7.33. The summed E-state index contributed by atoms with van der Waals surface area (Å²) in [7, 11) is 0. The van der Waals surface area contributed by atoms with Crippen molar-refractivity contribution in [2.75, 3.05) is 6.54 Å². The molecule has 6 nitrogen and oxygen atoms in total. The summed E-state index contributed by atoms with van der Waals surface area (Å²) in [5, 5.41) is 2.79. The summed E-state index contributed by atoms with van der Waals surface area (Å²) in [6, 6.07) is 3.28. The van der Waals surface area contributed by atoms with E-state index in [2.05, 4.69) is 22.5 Å². The highest BCUT2D eigenvalue weighted by Gasteiger charge is 2.31. The SMILES string of the molecule is O=C(NCc1cc(/C=C/C2CC2)ccn1)[C@@H]1CCCN1S(=O)[O-]. The highest BCUT2D eigenvalue weighted by molar-refractivity contribution is 7.76. The first kappa shape index (κ1) is 16.3. The molecule has 0 radical (unpaired) electrons. The average molecular weight is 334 g/mol. The molecule has 0 bridgehead atoms. The van der Waals surface area contributed by atoms with Crippen molar-refractivity contribution in [3.05, 3.63) is 35.7 Å². The van der Waals surface area contributed by atoms with Gasteiger partial charge in [-0.05, 0) is 49.3 Å². The van der Waals surface area contributed by atoms with E-state index in [9.17, 15) is 13.6 Å². The number of rotatable bonds is 6. The second-order valence-corrected chi connectivity index (χ2v) is 6.91. The molecular weight excluding hydrogens is 314 g/mol.